The fraction of sp³-hybridized carbons (Fsp3) is 0.571. The van der Waals surface area contributed by atoms with E-state index in [4.69, 9.17) is 0 Å². The van der Waals surface area contributed by atoms with Crippen molar-refractivity contribution in [1.29, 1.82) is 0 Å². The zero-order valence-corrected chi connectivity index (χ0v) is 13.5. The molecule has 0 radical (unpaired) electrons. The summed E-state index contributed by atoms with van der Waals surface area (Å²) >= 11 is 3.48. The second-order valence-corrected chi connectivity index (χ2v) is 6.49. The first-order valence-electron chi connectivity index (χ1n) is 7.02. The second-order valence-electron chi connectivity index (χ2n) is 5.67. The third kappa shape index (κ3) is 2.81. The van der Waals surface area contributed by atoms with E-state index in [1.54, 1.807) is 0 Å². The number of halogens is 1. The highest BCUT2D eigenvalue weighted by Gasteiger charge is 2.20. The van der Waals surface area contributed by atoms with Gasteiger partial charge in [-0.3, -0.25) is 0 Å². The molecule has 1 saturated heterocycles. The second kappa shape index (κ2) is 5.69. The van der Waals surface area contributed by atoms with Crippen LogP contribution in [0.25, 0.3) is 5.65 Å². The number of anilines is 1. The third-order valence-corrected chi connectivity index (χ3v) is 4.44. The zero-order valence-electron chi connectivity index (χ0n) is 12.0. The largest absolute Gasteiger partial charge is 0.356 e. The van der Waals surface area contributed by atoms with Gasteiger partial charge in [0, 0.05) is 32.2 Å². The zero-order chi connectivity index (χ0) is 14.1. The van der Waals surface area contributed by atoms with Gasteiger partial charge in [-0.1, -0.05) is 0 Å². The summed E-state index contributed by atoms with van der Waals surface area (Å²) in [5.74, 6) is 1.69. The lowest BCUT2D eigenvalue weighted by atomic mass is 9.97. The number of rotatable bonds is 3. The summed E-state index contributed by atoms with van der Waals surface area (Å²) in [5, 5.41) is 0. The predicted molar refractivity (Wildman–Crippen MR) is 84.2 cm³/mol. The summed E-state index contributed by atoms with van der Waals surface area (Å²) in [6.07, 6.45) is 8.24. The minimum absolute atomic E-state index is 0.743. The average molecular weight is 338 g/mol. The molecule has 20 heavy (non-hydrogen) atoms. The monoisotopic (exact) mass is 337 g/mol. The van der Waals surface area contributed by atoms with Crippen LogP contribution in [-0.2, 0) is 0 Å². The van der Waals surface area contributed by atoms with Crippen LogP contribution in [0.15, 0.2) is 23.2 Å². The van der Waals surface area contributed by atoms with Crippen molar-refractivity contribution in [3.8, 4) is 0 Å². The molecule has 0 N–H and O–H groups in total. The Kier molecular flexibility index (Phi) is 3.94. The maximum atomic E-state index is 4.60. The molecule has 108 valence electrons. The summed E-state index contributed by atoms with van der Waals surface area (Å²) in [7, 11) is 4.31. The fourth-order valence-corrected chi connectivity index (χ4v) is 3.25. The number of aromatic nitrogens is 3. The Morgan fingerprint density at radius 1 is 1.40 bits per heavy atom. The van der Waals surface area contributed by atoms with Crippen LogP contribution in [0.1, 0.15) is 12.8 Å². The van der Waals surface area contributed by atoms with E-state index >= 15 is 0 Å². The van der Waals surface area contributed by atoms with Gasteiger partial charge in [-0.15, -0.1) is 0 Å². The van der Waals surface area contributed by atoms with E-state index in [1.165, 1.54) is 25.9 Å². The molecular weight excluding hydrogens is 318 g/mol. The molecule has 0 spiro atoms. The van der Waals surface area contributed by atoms with Gasteiger partial charge in [0.15, 0.2) is 11.5 Å². The van der Waals surface area contributed by atoms with E-state index in [-0.39, 0.29) is 0 Å². The van der Waals surface area contributed by atoms with E-state index in [0.717, 1.165) is 28.5 Å². The standard InChI is InChI=1S/C14H20BrN5/c1-18-6-3-11(4-7-18)9-19(2)14-13-16-5-8-20(13)10-12(15)17-14/h5,8,10-11H,3-4,6-7,9H2,1-2H3. The molecule has 0 unspecified atom stereocenters. The smallest absolute Gasteiger partial charge is 0.180 e. The highest BCUT2D eigenvalue weighted by molar-refractivity contribution is 9.10. The number of nitrogens with zero attached hydrogens (tertiary/aromatic N) is 5. The highest BCUT2D eigenvalue weighted by Crippen LogP contribution is 2.23. The van der Waals surface area contributed by atoms with Crippen LogP contribution >= 0.6 is 15.9 Å². The lowest BCUT2D eigenvalue weighted by Crippen LogP contribution is -2.36. The first kappa shape index (κ1) is 13.8. The molecule has 2 aromatic rings. The SMILES string of the molecule is CN1CCC(CN(C)c2nc(Br)cn3ccnc23)CC1. The van der Waals surface area contributed by atoms with Crippen LogP contribution in [0.4, 0.5) is 5.82 Å². The summed E-state index contributed by atoms with van der Waals surface area (Å²) in [4.78, 5) is 13.7. The first-order chi connectivity index (χ1) is 9.63. The van der Waals surface area contributed by atoms with Gasteiger partial charge in [0.05, 0.1) is 0 Å². The van der Waals surface area contributed by atoms with E-state index in [2.05, 4.69) is 49.8 Å². The lowest BCUT2D eigenvalue weighted by molar-refractivity contribution is 0.222. The Bertz CT molecular complexity index is 588. The van der Waals surface area contributed by atoms with Crippen molar-refractivity contribution in [2.24, 2.45) is 5.92 Å². The summed E-state index contributed by atoms with van der Waals surface area (Å²) in [6.45, 7) is 3.44. The number of imidazole rings is 1. The van der Waals surface area contributed by atoms with Gasteiger partial charge in [0.1, 0.15) is 4.60 Å². The Morgan fingerprint density at radius 2 is 2.15 bits per heavy atom. The molecule has 0 amide bonds. The molecule has 3 heterocycles. The third-order valence-electron chi connectivity index (χ3n) is 4.06. The Morgan fingerprint density at radius 3 is 2.90 bits per heavy atom. The molecule has 0 aromatic carbocycles. The number of piperidine rings is 1. The molecular formula is C14H20BrN5. The van der Waals surface area contributed by atoms with Gasteiger partial charge in [0.25, 0.3) is 0 Å². The van der Waals surface area contributed by atoms with Gasteiger partial charge < -0.3 is 14.2 Å². The van der Waals surface area contributed by atoms with E-state index in [9.17, 15) is 0 Å². The molecule has 0 saturated carbocycles. The van der Waals surface area contributed by atoms with Crippen LogP contribution in [0, 0.1) is 5.92 Å². The van der Waals surface area contributed by atoms with Crippen LogP contribution < -0.4 is 4.90 Å². The van der Waals surface area contributed by atoms with Gasteiger partial charge in [0.2, 0.25) is 0 Å². The van der Waals surface area contributed by atoms with Gasteiger partial charge in [-0.25, -0.2) is 9.97 Å². The minimum Gasteiger partial charge on any atom is -0.356 e. The van der Waals surface area contributed by atoms with E-state index in [0.29, 0.717) is 0 Å². The summed E-state index contributed by atoms with van der Waals surface area (Å²) in [6, 6.07) is 0. The highest BCUT2D eigenvalue weighted by atomic mass is 79.9. The maximum absolute atomic E-state index is 4.60. The molecule has 1 aliphatic heterocycles. The van der Waals surface area contributed by atoms with Crippen LogP contribution in [0.3, 0.4) is 0 Å². The van der Waals surface area contributed by atoms with E-state index in [1.807, 2.05) is 23.0 Å². The molecule has 6 heteroatoms. The quantitative estimate of drug-likeness (QED) is 0.860. The van der Waals surface area contributed by atoms with Crippen molar-refractivity contribution in [2.45, 2.75) is 12.8 Å². The molecule has 0 bridgehead atoms. The number of hydrogen-bond acceptors (Lipinski definition) is 4. The van der Waals surface area contributed by atoms with Crippen molar-refractivity contribution >= 4 is 27.4 Å². The van der Waals surface area contributed by atoms with E-state index < -0.39 is 0 Å². The number of hydrogen-bond donors (Lipinski definition) is 0. The Hall–Kier alpha value is -1.14. The number of likely N-dealkylation sites (tertiary alicyclic amines) is 1. The normalized spacial score (nSPS) is 17.8. The van der Waals surface area contributed by atoms with Crippen molar-refractivity contribution in [3.63, 3.8) is 0 Å². The molecule has 0 aliphatic carbocycles. The van der Waals surface area contributed by atoms with Crippen molar-refractivity contribution < 1.29 is 0 Å². The average Bonchev–Trinajstić information content (AvgIpc) is 2.88. The van der Waals surface area contributed by atoms with Crippen molar-refractivity contribution in [1.82, 2.24) is 19.3 Å². The molecule has 3 rings (SSSR count). The predicted octanol–water partition coefficient (Wildman–Crippen LogP) is 2.27. The molecule has 0 atom stereocenters. The van der Waals surface area contributed by atoms with Gasteiger partial charge in [-0.2, -0.15) is 0 Å². The van der Waals surface area contributed by atoms with Crippen LogP contribution in [-0.4, -0.2) is 53.0 Å². The van der Waals surface area contributed by atoms with Crippen molar-refractivity contribution in [3.05, 3.63) is 23.2 Å². The van der Waals surface area contributed by atoms with Gasteiger partial charge >= 0.3 is 0 Å². The summed E-state index contributed by atoms with van der Waals surface area (Å²) in [5.41, 5.74) is 0.920. The van der Waals surface area contributed by atoms with Crippen LogP contribution in [0.5, 0.6) is 0 Å². The van der Waals surface area contributed by atoms with Gasteiger partial charge in [-0.05, 0) is 54.8 Å². The minimum atomic E-state index is 0.743. The molecule has 1 aliphatic rings. The Labute approximate surface area is 127 Å². The van der Waals surface area contributed by atoms with Crippen molar-refractivity contribution in [2.75, 3.05) is 38.6 Å². The topological polar surface area (TPSA) is 36.7 Å². The molecule has 1 fully saturated rings. The fourth-order valence-electron chi connectivity index (χ4n) is 2.86. The molecule has 5 nitrogen and oxygen atoms in total. The molecule has 2 aromatic heterocycles. The first-order valence-corrected chi connectivity index (χ1v) is 7.81. The number of fused-ring (bicyclic) bond motifs is 1. The Balaban J connectivity index is 1.78. The lowest BCUT2D eigenvalue weighted by Gasteiger charge is -2.32. The summed E-state index contributed by atoms with van der Waals surface area (Å²) < 4.78 is 2.85. The maximum Gasteiger partial charge on any atom is 0.180 e. The van der Waals surface area contributed by atoms with Crippen LogP contribution in [0.2, 0.25) is 0 Å².